The number of pyridine rings is 1. The van der Waals surface area contributed by atoms with Gasteiger partial charge in [0.2, 0.25) is 0 Å². The van der Waals surface area contributed by atoms with Crippen LogP contribution in [0.4, 0.5) is 17.6 Å². The highest BCUT2D eigenvalue weighted by Gasteiger charge is 2.46. The van der Waals surface area contributed by atoms with Crippen molar-refractivity contribution in [2.24, 2.45) is 0 Å². The Balaban J connectivity index is 1.55. The Morgan fingerprint density at radius 3 is 2.31 bits per heavy atom. The van der Waals surface area contributed by atoms with Crippen LogP contribution < -0.4 is 5.32 Å². The second-order valence-electron chi connectivity index (χ2n) is 7.87. The summed E-state index contributed by atoms with van der Waals surface area (Å²) in [7, 11) is 0. The molecule has 0 saturated heterocycles. The van der Waals surface area contributed by atoms with Gasteiger partial charge in [-0.3, -0.25) is 9.20 Å². The van der Waals surface area contributed by atoms with Crippen molar-refractivity contribution in [1.29, 1.82) is 0 Å². The van der Waals surface area contributed by atoms with Crippen molar-refractivity contribution in [2.45, 2.75) is 24.6 Å². The number of fused-ring (bicyclic) bond motifs is 1. The lowest BCUT2D eigenvalue weighted by molar-refractivity contribution is -0.137. The van der Waals surface area contributed by atoms with Gasteiger partial charge in [0.15, 0.2) is 0 Å². The molecule has 0 radical (unpaired) electrons. The molecule has 0 bridgehead atoms. The molecule has 2 aromatic heterocycles. The molecule has 1 saturated carbocycles. The quantitative estimate of drug-likeness (QED) is 0.422. The van der Waals surface area contributed by atoms with Gasteiger partial charge in [-0.05, 0) is 42.2 Å². The molecule has 0 spiro atoms. The lowest BCUT2D eigenvalue weighted by atomic mass is 10.0. The van der Waals surface area contributed by atoms with Crippen molar-refractivity contribution >= 4 is 11.6 Å². The Morgan fingerprint density at radius 2 is 1.69 bits per heavy atom. The number of halogens is 4. The summed E-state index contributed by atoms with van der Waals surface area (Å²) in [6.45, 7) is 0. The van der Waals surface area contributed by atoms with Crippen LogP contribution in [0.5, 0.6) is 0 Å². The van der Waals surface area contributed by atoms with Crippen molar-refractivity contribution in [3.05, 3.63) is 95.6 Å². The Bertz CT molecular complexity index is 1310. The first kappa shape index (κ1) is 20.2. The summed E-state index contributed by atoms with van der Waals surface area (Å²) in [5.74, 6) is -0.994. The number of imidazole rings is 1. The first-order valence-corrected chi connectivity index (χ1v) is 10.00. The minimum Gasteiger partial charge on any atom is -0.341 e. The van der Waals surface area contributed by atoms with Gasteiger partial charge in [0.05, 0.1) is 23.0 Å². The van der Waals surface area contributed by atoms with Crippen molar-refractivity contribution in [3.63, 3.8) is 0 Å². The summed E-state index contributed by atoms with van der Waals surface area (Å²) < 4.78 is 54.5. The molecule has 1 fully saturated rings. The first-order valence-electron chi connectivity index (χ1n) is 10.00. The highest BCUT2D eigenvalue weighted by molar-refractivity contribution is 5.95. The van der Waals surface area contributed by atoms with Crippen LogP contribution in [0.1, 0.15) is 34.5 Å². The van der Waals surface area contributed by atoms with Gasteiger partial charge < -0.3 is 5.32 Å². The maximum absolute atomic E-state index is 14.2. The molecule has 1 N–H and O–H groups in total. The van der Waals surface area contributed by atoms with Crippen LogP contribution in [0, 0.1) is 5.82 Å². The van der Waals surface area contributed by atoms with Gasteiger partial charge >= 0.3 is 6.18 Å². The molecule has 2 aromatic carbocycles. The van der Waals surface area contributed by atoms with Crippen LogP contribution in [-0.4, -0.2) is 15.3 Å². The largest absolute Gasteiger partial charge is 0.416 e. The van der Waals surface area contributed by atoms with E-state index in [1.165, 1.54) is 34.9 Å². The molecular weight excluding hydrogens is 422 g/mol. The summed E-state index contributed by atoms with van der Waals surface area (Å²) in [5, 5.41) is 3.06. The molecule has 0 unspecified atom stereocenters. The molecule has 1 aliphatic rings. The fourth-order valence-electron chi connectivity index (χ4n) is 3.93. The third-order valence-electron chi connectivity index (χ3n) is 5.74. The van der Waals surface area contributed by atoms with Crippen LogP contribution in [0.2, 0.25) is 0 Å². The summed E-state index contributed by atoms with van der Waals surface area (Å²) in [6.07, 6.45) is -1.55. The average Bonchev–Trinajstić information content (AvgIpc) is 3.43. The number of hydrogen-bond donors (Lipinski definition) is 1. The van der Waals surface area contributed by atoms with E-state index >= 15 is 0 Å². The molecule has 8 heteroatoms. The number of carbonyl (C=O) groups is 1. The monoisotopic (exact) mass is 439 g/mol. The third kappa shape index (κ3) is 3.51. The molecular formula is C24H17F4N3O. The lowest BCUT2D eigenvalue weighted by Gasteiger charge is -2.18. The van der Waals surface area contributed by atoms with E-state index in [1.807, 2.05) is 30.3 Å². The van der Waals surface area contributed by atoms with Crippen molar-refractivity contribution in [2.75, 3.05) is 0 Å². The fourth-order valence-corrected chi connectivity index (χ4v) is 3.93. The average molecular weight is 439 g/mol. The zero-order valence-corrected chi connectivity index (χ0v) is 16.7. The molecule has 0 aliphatic heterocycles. The van der Waals surface area contributed by atoms with E-state index in [9.17, 15) is 22.4 Å². The van der Waals surface area contributed by atoms with Gasteiger partial charge in [0.1, 0.15) is 17.2 Å². The minimum absolute atomic E-state index is 0.178. The molecule has 5 rings (SSSR count). The van der Waals surface area contributed by atoms with Crippen LogP contribution >= 0.6 is 0 Å². The predicted molar refractivity (Wildman–Crippen MR) is 110 cm³/mol. The van der Waals surface area contributed by atoms with Gasteiger partial charge in [-0.2, -0.15) is 13.2 Å². The molecule has 1 amide bonds. The molecule has 32 heavy (non-hydrogen) atoms. The molecule has 2 heterocycles. The number of nitrogens with zero attached hydrogens (tertiary/aromatic N) is 2. The zero-order valence-electron chi connectivity index (χ0n) is 16.7. The van der Waals surface area contributed by atoms with Gasteiger partial charge in [-0.1, -0.05) is 42.5 Å². The number of carbonyl (C=O) groups excluding carboxylic acids is 1. The number of rotatable bonds is 4. The Kier molecular flexibility index (Phi) is 4.54. The summed E-state index contributed by atoms with van der Waals surface area (Å²) in [4.78, 5) is 17.3. The molecule has 4 aromatic rings. The number of benzene rings is 2. The van der Waals surface area contributed by atoms with Gasteiger partial charge in [-0.15, -0.1) is 0 Å². The number of hydrogen-bond acceptors (Lipinski definition) is 2. The lowest BCUT2D eigenvalue weighted by Crippen LogP contribution is -2.35. The smallest absolute Gasteiger partial charge is 0.341 e. The van der Waals surface area contributed by atoms with Crippen LogP contribution in [0.3, 0.4) is 0 Å². The maximum atomic E-state index is 14.2. The van der Waals surface area contributed by atoms with E-state index < -0.39 is 29.0 Å². The number of aromatic nitrogens is 2. The normalized spacial score (nSPS) is 15.0. The van der Waals surface area contributed by atoms with E-state index in [0.717, 1.165) is 30.5 Å². The molecule has 1 aliphatic carbocycles. The second-order valence-corrected chi connectivity index (χ2v) is 7.87. The zero-order chi connectivity index (χ0) is 22.5. The summed E-state index contributed by atoms with van der Waals surface area (Å²) >= 11 is 0. The van der Waals surface area contributed by atoms with Gasteiger partial charge in [-0.25, -0.2) is 9.37 Å². The molecule has 162 valence electrons. The van der Waals surface area contributed by atoms with E-state index in [0.29, 0.717) is 5.56 Å². The maximum Gasteiger partial charge on any atom is 0.416 e. The van der Waals surface area contributed by atoms with Crippen molar-refractivity contribution in [3.8, 4) is 11.3 Å². The van der Waals surface area contributed by atoms with Gasteiger partial charge in [0.25, 0.3) is 5.91 Å². The van der Waals surface area contributed by atoms with Crippen LogP contribution in [0.15, 0.2) is 72.9 Å². The Labute approximate surface area is 180 Å². The van der Waals surface area contributed by atoms with Crippen molar-refractivity contribution in [1.82, 2.24) is 14.7 Å². The summed E-state index contributed by atoms with van der Waals surface area (Å²) in [5.41, 5.74) is 0.662. The SMILES string of the molecule is O=C(NC1(c2ccccc2)CC1)c1cnc2cc(F)cc(-c3ccc(C(F)(F)F)cc3)n12. The van der Waals surface area contributed by atoms with E-state index in [-0.39, 0.29) is 17.0 Å². The second kappa shape index (κ2) is 7.19. The van der Waals surface area contributed by atoms with E-state index in [4.69, 9.17) is 0 Å². The minimum atomic E-state index is -4.48. The van der Waals surface area contributed by atoms with Gasteiger partial charge in [0, 0.05) is 6.07 Å². The standard InChI is InChI=1S/C24H17F4N3O/c25-18-12-19(15-6-8-17(9-7-15)24(26,27)28)31-20(14-29-21(31)13-18)22(32)30-23(10-11-23)16-4-2-1-3-5-16/h1-9,12-14H,10-11H2,(H,30,32). The van der Waals surface area contributed by atoms with Crippen LogP contribution in [0.25, 0.3) is 16.9 Å². The molecule has 0 atom stereocenters. The predicted octanol–water partition coefficient (Wildman–Crippen LogP) is 5.58. The Morgan fingerprint density at radius 1 is 1.00 bits per heavy atom. The highest BCUT2D eigenvalue weighted by atomic mass is 19.4. The van der Waals surface area contributed by atoms with Crippen LogP contribution in [-0.2, 0) is 11.7 Å². The fraction of sp³-hybridized carbons (Fsp3) is 0.167. The number of alkyl halides is 3. The van der Waals surface area contributed by atoms with E-state index in [2.05, 4.69) is 10.3 Å². The first-order chi connectivity index (χ1) is 15.3. The molecule has 4 nitrogen and oxygen atoms in total. The van der Waals surface area contributed by atoms with E-state index in [1.54, 1.807) is 0 Å². The Hall–Kier alpha value is -3.68. The number of amides is 1. The van der Waals surface area contributed by atoms with Crippen molar-refractivity contribution < 1.29 is 22.4 Å². The highest BCUT2D eigenvalue weighted by Crippen LogP contribution is 2.45. The third-order valence-corrected chi connectivity index (χ3v) is 5.74. The number of nitrogens with one attached hydrogen (secondary N) is 1. The summed E-state index contributed by atoms with van der Waals surface area (Å²) in [6, 6.07) is 16.3. The topological polar surface area (TPSA) is 46.4 Å².